The summed E-state index contributed by atoms with van der Waals surface area (Å²) in [5.74, 6) is 0.767. The molecule has 1 aliphatic rings. The van der Waals surface area contributed by atoms with Crippen LogP contribution < -0.4 is 15.4 Å². The molecule has 3 rings (SSSR count). The summed E-state index contributed by atoms with van der Waals surface area (Å²) in [6.07, 6.45) is 5.52. The zero-order valence-corrected chi connectivity index (χ0v) is 16.4. The van der Waals surface area contributed by atoms with Gasteiger partial charge < -0.3 is 15.4 Å². The Morgan fingerprint density at radius 1 is 1.00 bits per heavy atom. The highest BCUT2D eigenvalue weighted by Gasteiger charge is 2.20. The van der Waals surface area contributed by atoms with Gasteiger partial charge in [-0.1, -0.05) is 43.5 Å². The van der Waals surface area contributed by atoms with Gasteiger partial charge in [-0.2, -0.15) is 0 Å². The van der Waals surface area contributed by atoms with Crippen LogP contribution in [-0.4, -0.2) is 18.4 Å². The van der Waals surface area contributed by atoms with Gasteiger partial charge in [0, 0.05) is 18.0 Å². The molecule has 148 valence electrons. The van der Waals surface area contributed by atoms with Gasteiger partial charge >= 0.3 is 0 Å². The number of carbonyl (C=O) groups is 2. The Bertz CT molecular complexity index is 796. The molecule has 28 heavy (non-hydrogen) atoms. The molecule has 0 atom stereocenters. The summed E-state index contributed by atoms with van der Waals surface area (Å²) in [7, 11) is 0. The van der Waals surface area contributed by atoms with Crippen molar-refractivity contribution in [2.45, 2.75) is 45.6 Å². The highest BCUT2D eigenvalue weighted by atomic mass is 16.5. The van der Waals surface area contributed by atoms with E-state index in [9.17, 15) is 9.59 Å². The first-order valence-electron chi connectivity index (χ1n) is 10.1. The van der Waals surface area contributed by atoms with E-state index in [0.29, 0.717) is 30.2 Å². The van der Waals surface area contributed by atoms with Gasteiger partial charge in [0.05, 0.1) is 12.3 Å². The molecule has 5 heteroatoms. The Morgan fingerprint density at radius 2 is 1.71 bits per heavy atom. The van der Waals surface area contributed by atoms with Crippen molar-refractivity contribution in [3.8, 4) is 5.75 Å². The second kappa shape index (κ2) is 9.93. The number of ether oxygens (including phenoxy) is 1. The maximum absolute atomic E-state index is 12.5. The fourth-order valence-corrected chi connectivity index (χ4v) is 3.52. The standard InChI is InChI=1S/C23H28N2O3/c1-2-28-21-11-7-6-10-20(21)25-23(27)19-14-12-17(13-15-19)16-24-22(26)18-8-4-3-5-9-18/h6-7,10-15,18H,2-5,8-9,16H2,1H3,(H,24,26)(H,25,27). The molecule has 5 nitrogen and oxygen atoms in total. The molecule has 2 N–H and O–H groups in total. The molecule has 0 aromatic heterocycles. The van der Waals surface area contributed by atoms with E-state index in [4.69, 9.17) is 4.74 Å². The van der Waals surface area contributed by atoms with Gasteiger partial charge in [0.15, 0.2) is 0 Å². The molecule has 1 aliphatic carbocycles. The van der Waals surface area contributed by atoms with E-state index >= 15 is 0 Å². The van der Waals surface area contributed by atoms with Crippen molar-refractivity contribution in [1.29, 1.82) is 0 Å². The smallest absolute Gasteiger partial charge is 0.255 e. The van der Waals surface area contributed by atoms with Crippen LogP contribution in [0.4, 0.5) is 5.69 Å². The lowest BCUT2D eigenvalue weighted by molar-refractivity contribution is -0.126. The van der Waals surface area contributed by atoms with E-state index in [0.717, 1.165) is 31.2 Å². The van der Waals surface area contributed by atoms with E-state index in [1.807, 2.05) is 43.3 Å². The van der Waals surface area contributed by atoms with E-state index in [-0.39, 0.29) is 17.7 Å². The van der Waals surface area contributed by atoms with E-state index in [2.05, 4.69) is 10.6 Å². The predicted molar refractivity (Wildman–Crippen MR) is 110 cm³/mol. The second-order valence-electron chi connectivity index (χ2n) is 7.13. The molecule has 0 heterocycles. The molecule has 0 bridgehead atoms. The molecular weight excluding hydrogens is 352 g/mol. The molecule has 1 fully saturated rings. The van der Waals surface area contributed by atoms with Crippen molar-refractivity contribution in [2.24, 2.45) is 5.92 Å². The number of hydrogen-bond donors (Lipinski definition) is 2. The largest absolute Gasteiger partial charge is 0.492 e. The molecule has 2 amide bonds. The van der Waals surface area contributed by atoms with Gasteiger partial charge in [0.1, 0.15) is 5.75 Å². The SMILES string of the molecule is CCOc1ccccc1NC(=O)c1ccc(CNC(=O)C2CCCCC2)cc1. The van der Waals surface area contributed by atoms with Gasteiger partial charge in [-0.05, 0) is 49.6 Å². The Balaban J connectivity index is 1.55. The van der Waals surface area contributed by atoms with Crippen molar-refractivity contribution in [3.63, 3.8) is 0 Å². The number of hydrogen-bond acceptors (Lipinski definition) is 3. The average molecular weight is 380 g/mol. The van der Waals surface area contributed by atoms with Crippen molar-refractivity contribution in [2.75, 3.05) is 11.9 Å². The van der Waals surface area contributed by atoms with Crippen LogP contribution in [0.1, 0.15) is 54.9 Å². The van der Waals surface area contributed by atoms with E-state index < -0.39 is 0 Å². The van der Waals surface area contributed by atoms with Crippen LogP contribution in [0.25, 0.3) is 0 Å². The van der Waals surface area contributed by atoms with Crippen LogP contribution in [0.3, 0.4) is 0 Å². The first-order chi connectivity index (χ1) is 13.7. The highest BCUT2D eigenvalue weighted by Crippen LogP contribution is 2.25. The van der Waals surface area contributed by atoms with Crippen LogP contribution in [0.15, 0.2) is 48.5 Å². The van der Waals surface area contributed by atoms with Gasteiger partial charge in [-0.15, -0.1) is 0 Å². The van der Waals surface area contributed by atoms with Gasteiger partial charge in [0.2, 0.25) is 5.91 Å². The second-order valence-corrected chi connectivity index (χ2v) is 7.13. The summed E-state index contributed by atoms with van der Waals surface area (Å²) in [4.78, 5) is 24.8. The number of benzene rings is 2. The van der Waals surface area contributed by atoms with Crippen LogP contribution in [0.5, 0.6) is 5.75 Å². The molecule has 2 aromatic carbocycles. The quantitative estimate of drug-likeness (QED) is 0.741. The Labute approximate surface area is 166 Å². The van der Waals surface area contributed by atoms with Crippen molar-refractivity contribution in [1.82, 2.24) is 5.32 Å². The first-order valence-corrected chi connectivity index (χ1v) is 10.1. The number of para-hydroxylation sites is 2. The third-order valence-electron chi connectivity index (χ3n) is 5.09. The van der Waals surface area contributed by atoms with E-state index in [1.165, 1.54) is 6.42 Å². The Morgan fingerprint density at radius 3 is 2.43 bits per heavy atom. The van der Waals surface area contributed by atoms with Crippen LogP contribution in [0, 0.1) is 5.92 Å². The first kappa shape index (κ1) is 19.9. The number of amides is 2. The van der Waals surface area contributed by atoms with Crippen LogP contribution >= 0.6 is 0 Å². The molecule has 0 unspecified atom stereocenters. The van der Waals surface area contributed by atoms with Crippen LogP contribution in [0.2, 0.25) is 0 Å². The summed E-state index contributed by atoms with van der Waals surface area (Å²) in [6, 6.07) is 14.7. The van der Waals surface area contributed by atoms with Gasteiger partial charge in [0.25, 0.3) is 5.91 Å². The fourth-order valence-electron chi connectivity index (χ4n) is 3.52. The number of carbonyl (C=O) groups excluding carboxylic acids is 2. The van der Waals surface area contributed by atoms with Gasteiger partial charge in [-0.25, -0.2) is 0 Å². The summed E-state index contributed by atoms with van der Waals surface area (Å²) in [5, 5.41) is 5.91. The summed E-state index contributed by atoms with van der Waals surface area (Å²) < 4.78 is 5.54. The molecule has 0 spiro atoms. The summed E-state index contributed by atoms with van der Waals surface area (Å²) >= 11 is 0. The third-order valence-corrected chi connectivity index (χ3v) is 5.09. The summed E-state index contributed by atoms with van der Waals surface area (Å²) in [5.41, 5.74) is 2.20. The monoisotopic (exact) mass is 380 g/mol. The number of nitrogens with one attached hydrogen (secondary N) is 2. The predicted octanol–water partition coefficient (Wildman–Crippen LogP) is 4.53. The minimum Gasteiger partial charge on any atom is -0.492 e. The molecule has 1 saturated carbocycles. The number of anilines is 1. The molecular formula is C23H28N2O3. The van der Waals surface area contributed by atoms with Crippen molar-refractivity contribution in [3.05, 3.63) is 59.7 Å². The Hall–Kier alpha value is -2.82. The number of rotatable bonds is 7. The maximum Gasteiger partial charge on any atom is 0.255 e. The molecule has 2 aromatic rings. The minimum atomic E-state index is -0.190. The minimum absolute atomic E-state index is 0.147. The Kier molecular flexibility index (Phi) is 7.06. The average Bonchev–Trinajstić information content (AvgIpc) is 2.74. The lowest BCUT2D eigenvalue weighted by Gasteiger charge is -2.20. The van der Waals surface area contributed by atoms with Crippen molar-refractivity contribution < 1.29 is 14.3 Å². The third kappa shape index (κ3) is 5.35. The highest BCUT2D eigenvalue weighted by molar-refractivity contribution is 6.05. The fraction of sp³-hybridized carbons (Fsp3) is 0.391. The van der Waals surface area contributed by atoms with E-state index in [1.54, 1.807) is 12.1 Å². The zero-order chi connectivity index (χ0) is 19.8. The maximum atomic E-state index is 12.5. The topological polar surface area (TPSA) is 67.4 Å². The van der Waals surface area contributed by atoms with Gasteiger partial charge in [-0.3, -0.25) is 9.59 Å². The molecule has 0 aliphatic heterocycles. The molecule has 0 saturated heterocycles. The lowest BCUT2D eigenvalue weighted by Crippen LogP contribution is -2.31. The zero-order valence-electron chi connectivity index (χ0n) is 16.4. The summed E-state index contributed by atoms with van der Waals surface area (Å²) in [6.45, 7) is 2.93. The van der Waals surface area contributed by atoms with Crippen molar-refractivity contribution >= 4 is 17.5 Å². The lowest BCUT2D eigenvalue weighted by atomic mass is 9.88. The normalized spacial score (nSPS) is 14.3. The molecule has 0 radical (unpaired) electrons. The van der Waals surface area contributed by atoms with Crippen LogP contribution in [-0.2, 0) is 11.3 Å².